The van der Waals surface area contributed by atoms with Gasteiger partial charge in [0.05, 0.1) is 17.7 Å². The summed E-state index contributed by atoms with van der Waals surface area (Å²) < 4.78 is 0. The van der Waals surface area contributed by atoms with Crippen LogP contribution >= 0.6 is 0 Å². The second-order valence-electron chi connectivity index (χ2n) is 5.98. The van der Waals surface area contributed by atoms with Gasteiger partial charge in [0.2, 0.25) is 0 Å². The number of rotatable bonds is 5. The smallest absolute Gasteiger partial charge is 0.251 e. The standard InChI is InChI=1S/C20H22N2O/c1-4-15-8-10-17(11-9-15)19(14(2)3)22-20(23)18-7-5-6-16(12-18)13-21/h5-12,14,19H,4H2,1-3H3,(H,22,23)/t19-/m1/s1. The van der Waals surface area contributed by atoms with Crippen molar-refractivity contribution < 1.29 is 4.79 Å². The van der Waals surface area contributed by atoms with Crippen LogP contribution in [0.3, 0.4) is 0 Å². The predicted molar refractivity (Wildman–Crippen MR) is 92.0 cm³/mol. The summed E-state index contributed by atoms with van der Waals surface area (Å²) in [6.45, 7) is 6.30. The van der Waals surface area contributed by atoms with Gasteiger partial charge >= 0.3 is 0 Å². The fourth-order valence-corrected chi connectivity index (χ4v) is 2.55. The summed E-state index contributed by atoms with van der Waals surface area (Å²) in [5.41, 5.74) is 3.39. The van der Waals surface area contributed by atoms with Crippen LogP contribution in [0.15, 0.2) is 48.5 Å². The number of hydrogen-bond acceptors (Lipinski definition) is 2. The lowest BCUT2D eigenvalue weighted by molar-refractivity contribution is 0.0925. The largest absolute Gasteiger partial charge is 0.345 e. The Morgan fingerprint density at radius 2 is 1.87 bits per heavy atom. The molecule has 0 bridgehead atoms. The molecule has 0 unspecified atom stereocenters. The average molecular weight is 306 g/mol. The first-order valence-electron chi connectivity index (χ1n) is 7.95. The Labute approximate surface area is 138 Å². The van der Waals surface area contributed by atoms with E-state index in [1.54, 1.807) is 24.3 Å². The zero-order chi connectivity index (χ0) is 16.8. The summed E-state index contributed by atoms with van der Waals surface area (Å²) in [7, 11) is 0. The molecule has 0 aliphatic heterocycles. The molecule has 118 valence electrons. The number of carbonyl (C=O) groups is 1. The first-order valence-corrected chi connectivity index (χ1v) is 7.95. The van der Waals surface area contributed by atoms with E-state index in [0.717, 1.165) is 12.0 Å². The van der Waals surface area contributed by atoms with Crippen LogP contribution in [-0.2, 0) is 6.42 Å². The highest BCUT2D eigenvalue weighted by Gasteiger charge is 2.19. The van der Waals surface area contributed by atoms with Gasteiger partial charge < -0.3 is 5.32 Å². The van der Waals surface area contributed by atoms with Gasteiger partial charge in [-0.25, -0.2) is 0 Å². The number of nitriles is 1. The van der Waals surface area contributed by atoms with Crippen LogP contribution in [0.2, 0.25) is 0 Å². The molecule has 23 heavy (non-hydrogen) atoms. The molecule has 0 spiro atoms. The number of nitrogens with zero attached hydrogens (tertiary/aromatic N) is 1. The molecule has 0 fully saturated rings. The molecule has 0 heterocycles. The number of carbonyl (C=O) groups excluding carboxylic acids is 1. The molecule has 0 saturated carbocycles. The van der Waals surface area contributed by atoms with Crippen LogP contribution in [-0.4, -0.2) is 5.91 Å². The molecule has 0 aliphatic carbocycles. The molecule has 1 N–H and O–H groups in total. The Morgan fingerprint density at radius 1 is 1.17 bits per heavy atom. The van der Waals surface area contributed by atoms with Crippen LogP contribution < -0.4 is 5.32 Å². The van der Waals surface area contributed by atoms with Gasteiger partial charge in [-0.2, -0.15) is 5.26 Å². The van der Waals surface area contributed by atoms with Gasteiger partial charge in [-0.05, 0) is 41.7 Å². The van der Waals surface area contributed by atoms with Crippen molar-refractivity contribution in [3.63, 3.8) is 0 Å². The fourth-order valence-electron chi connectivity index (χ4n) is 2.55. The summed E-state index contributed by atoms with van der Waals surface area (Å²) in [4.78, 5) is 12.5. The van der Waals surface area contributed by atoms with E-state index in [2.05, 4.69) is 56.4 Å². The minimum atomic E-state index is -0.152. The third-order valence-electron chi connectivity index (χ3n) is 3.95. The minimum absolute atomic E-state index is 0.0563. The average Bonchev–Trinajstić information content (AvgIpc) is 2.59. The van der Waals surface area contributed by atoms with Crippen molar-refractivity contribution in [3.8, 4) is 6.07 Å². The van der Waals surface area contributed by atoms with Crippen molar-refractivity contribution >= 4 is 5.91 Å². The molecular weight excluding hydrogens is 284 g/mol. The van der Waals surface area contributed by atoms with E-state index in [1.165, 1.54) is 5.56 Å². The number of hydrogen-bond donors (Lipinski definition) is 1. The van der Waals surface area contributed by atoms with Crippen molar-refractivity contribution in [2.45, 2.75) is 33.2 Å². The lowest BCUT2D eigenvalue weighted by Crippen LogP contribution is -2.31. The summed E-state index contributed by atoms with van der Waals surface area (Å²) in [5.74, 6) is 0.117. The monoisotopic (exact) mass is 306 g/mol. The lowest BCUT2D eigenvalue weighted by Gasteiger charge is -2.23. The third kappa shape index (κ3) is 4.20. The summed E-state index contributed by atoms with van der Waals surface area (Å²) in [6.07, 6.45) is 1.000. The van der Waals surface area contributed by atoms with Gasteiger partial charge in [0.25, 0.3) is 5.91 Å². The molecule has 2 aromatic carbocycles. The van der Waals surface area contributed by atoms with E-state index in [0.29, 0.717) is 11.1 Å². The fraction of sp³-hybridized carbons (Fsp3) is 0.300. The van der Waals surface area contributed by atoms with E-state index in [9.17, 15) is 4.79 Å². The third-order valence-corrected chi connectivity index (χ3v) is 3.95. The van der Waals surface area contributed by atoms with Gasteiger partial charge in [0, 0.05) is 5.56 Å². The molecule has 2 aromatic rings. The molecule has 1 atom stereocenters. The normalized spacial score (nSPS) is 11.8. The topological polar surface area (TPSA) is 52.9 Å². The second-order valence-corrected chi connectivity index (χ2v) is 5.98. The SMILES string of the molecule is CCc1ccc([C@H](NC(=O)c2cccc(C#N)c2)C(C)C)cc1. The van der Waals surface area contributed by atoms with Crippen LogP contribution in [0.5, 0.6) is 0 Å². The van der Waals surface area contributed by atoms with Crippen molar-refractivity contribution in [2.75, 3.05) is 0 Å². The molecule has 3 heteroatoms. The van der Waals surface area contributed by atoms with Crippen molar-refractivity contribution in [2.24, 2.45) is 5.92 Å². The van der Waals surface area contributed by atoms with Crippen LogP contribution in [0.1, 0.15) is 53.9 Å². The highest BCUT2D eigenvalue weighted by molar-refractivity contribution is 5.94. The van der Waals surface area contributed by atoms with Crippen LogP contribution in [0.4, 0.5) is 0 Å². The molecule has 2 rings (SSSR count). The molecule has 3 nitrogen and oxygen atoms in total. The van der Waals surface area contributed by atoms with E-state index >= 15 is 0 Å². The Kier molecular flexibility index (Phi) is 5.54. The van der Waals surface area contributed by atoms with Gasteiger partial charge in [-0.3, -0.25) is 4.79 Å². The quantitative estimate of drug-likeness (QED) is 0.898. The summed E-state index contributed by atoms with van der Waals surface area (Å²) in [6, 6.07) is 17.1. The number of nitrogens with one attached hydrogen (secondary N) is 1. The van der Waals surface area contributed by atoms with Crippen LogP contribution in [0, 0.1) is 17.2 Å². The van der Waals surface area contributed by atoms with Crippen LogP contribution in [0.25, 0.3) is 0 Å². The Morgan fingerprint density at radius 3 is 2.43 bits per heavy atom. The maximum Gasteiger partial charge on any atom is 0.251 e. The maximum atomic E-state index is 12.5. The molecule has 0 radical (unpaired) electrons. The van der Waals surface area contributed by atoms with E-state index < -0.39 is 0 Å². The van der Waals surface area contributed by atoms with E-state index in [-0.39, 0.29) is 17.9 Å². The van der Waals surface area contributed by atoms with Crippen molar-refractivity contribution in [1.82, 2.24) is 5.32 Å². The first kappa shape index (κ1) is 16.8. The van der Waals surface area contributed by atoms with Crippen molar-refractivity contribution in [3.05, 3.63) is 70.8 Å². The Balaban J connectivity index is 2.21. The van der Waals surface area contributed by atoms with Crippen molar-refractivity contribution in [1.29, 1.82) is 5.26 Å². The van der Waals surface area contributed by atoms with Gasteiger partial charge in [-0.1, -0.05) is 51.1 Å². The van der Waals surface area contributed by atoms with Gasteiger partial charge in [0.1, 0.15) is 0 Å². The van der Waals surface area contributed by atoms with Gasteiger partial charge in [-0.15, -0.1) is 0 Å². The van der Waals surface area contributed by atoms with E-state index in [4.69, 9.17) is 5.26 Å². The Hall–Kier alpha value is -2.60. The molecular formula is C20H22N2O. The van der Waals surface area contributed by atoms with Gasteiger partial charge in [0.15, 0.2) is 0 Å². The zero-order valence-corrected chi connectivity index (χ0v) is 13.8. The first-order chi connectivity index (χ1) is 11.0. The zero-order valence-electron chi connectivity index (χ0n) is 13.8. The second kappa shape index (κ2) is 7.60. The number of benzene rings is 2. The molecule has 0 aromatic heterocycles. The Bertz CT molecular complexity index is 711. The molecule has 1 amide bonds. The maximum absolute atomic E-state index is 12.5. The number of aryl methyl sites for hydroxylation is 1. The lowest BCUT2D eigenvalue weighted by atomic mass is 9.94. The molecule has 0 saturated heterocycles. The number of amides is 1. The highest BCUT2D eigenvalue weighted by atomic mass is 16.1. The summed E-state index contributed by atoms with van der Waals surface area (Å²) >= 11 is 0. The summed E-state index contributed by atoms with van der Waals surface area (Å²) in [5, 5.41) is 12.0. The minimum Gasteiger partial charge on any atom is -0.345 e. The van der Waals surface area contributed by atoms with E-state index in [1.807, 2.05) is 0 Å². The predicted octanol–water partition coefficient (Wildman–Crippen LogP) is 4.25. The highest BCUT2D eigenvalue weighted by Crippen LogP contribution is 2.23. The molecule has 0 aliphatic rings.